The largest absolute Gasteiger partial charge is 0.507 e. The summed E-state index contributed by atoms with van der Waals surface area (Å²) in [6.07, 6.45) is 1.40. The summed E-state index contributed by atoms with van der Waals surface area (Å²) >= 11 is 0. The maximum absolute atomic E-state index is 11.8. The SMILES string of the molecule is CC(C)(C)NC(=O)OC(C)(C)CCc1ccc(C=O)c(O)c1. The van der Waals surface area contributed by atoms with Crippen LogP contribution in [0, 0.1) is 0 Å². The molecule has 0 fully saturated rings. The quantitative estimate of drug-likeness (QED) is 0.817. The molecule has 1 rings (SSSR count). The van der Waals surface area contributed by atoms with E-state index in [2.05, 4.69) is 5.32 Å². The lowest BCUT2D eigenvalue weighted by Crippen LogP contribution is -2.44. The molecule has 1 aromatic rings. The number of alkyl carbamates (subject to hydrolysis) is 1. The normalized spacial score (nSPS) is 11.9. The number of rotatable bonds is 5. The zero-order chi connectivity index (χ0) is 17.0. The van der Waals surface area contributed by atoms with E-state index < -0.39 is 11.7 Å². The molecule has 0 radical (unpaired) electrons. The average Bonchev–Trinajstić information content (AvgIpc) is 2.33. The van der Waals surface area contributed by atoms with E-state index >= 15 is 0 Å². The molecular weight excluding hydrogens is 282 g/mol. The molecule has 2 N–H and O–H groups in total. The fraction of sp³-hybridized carbons (Fsp3) is 0.529. The van der Waals surface area contributed by atoms with Gasteiger partial charge in [0, 0.05) is 5.54 Å². The van der Waals surface area contributed by atoms with Gasteiger partial charge in [-0.05, 0) is 65.2 Å². The Balaban J connectivity index is 2.60. The second kappa shape index (κ2) is 6.81. The predicted molar refractivity (Wildman–Crippen MR) is 85.3 cm³/mol. The van der Waals surface area contributed by atoms with Crippen molar-refractivity contribution in [1.29, 1.82) is 0 Å². The van der Waals surface area contributed by atoms with Crippen LogP contribution in [0.4, 0.5) is 4.79 Å². The van der Waals surface area contributed by atoms with E-state index in [4.69, 9.17) is 4.74 Å². The second-order valence-electron chi connectivity index (χ2n) is 7.04. The van der Waals surface area contributed by atoms with Crippen molar-refractivity contribution in [2.24, 2.45) is 0 Å². The molecule has 0 heterocycles. The highest BCUT2D eigenvalue weighted by Crippen LogP contribution is 2.22. The first kappa shape index (κ1) is 18.0. The van der Waals surface area contributed by atoms with Crippen LogP contribution in [0.5, 0.6) is 5.75 Å². The second-order valence-corrected chi connectivity index (χ2v) is 7.04. The Hall–Kier alpha value is -2.04. The van der Waals surface area contributed by atoms with Crippen molar-refractivity contribution in [3.63, 3.8) is 0 Å². The number of aryl methyl sites for hydroxylation is 1. The number of carbonyl (C=O) groups excluding carboxylic acids is 2. The summed E-state index contributed by atoms with van der Waals surface area (Å²) < 4.78 is 5.44. The number of phenols is 1. The van der Waals surface area contributed by atoms with Crippen molar-refractivity contribution in [3.8, 4) is 5.75 Å². The number of phenolic OH excluding ortho intramolecular Hbond substituents is 1. The van der Waals surface area contributed by atoms with E-state index in [1.165, 1.54) is 0 Å². The lowest BCUT2D eigenvalue weighted by Gasteiger charge is -2.28. The maximum atomic E-state index is 11.8. The number of amides is 1. The molecule has 0 atom stereocenters. The highest BCUT2D eigenvalue weighted by molar-refractivity contribution is 5.79. The summed E-state index contributed by atoms with van der Waals surface area (Å²) in [5.74, 6) is -0.0308. The van der Waals surface area contributed by atoms with E-state index in [-0.39, 0.29) is 16.9 Å². The van der Waals surface area contributed by atoms with Crippen LogP contribution in [-0.2, 0) is 11.2 Å². The number of aromatic hydroxyl groups is 1. The van der Waals surface area contributed by atoms with Gasteiger partial charge in [-0.2, -0.15) is 0 Å². The van der Waals surface area contributed by atoms with Crippen molar-refractivity contribution in [3.05, 3.63) is 29.3 Å². The summed E-state index contributed by atoms with van der Waals surface area (Å²) in [6.45, 7) is 9.35. The fourth-order valence-electron chi connectivity index (χ4n) is 1.92. The molecule has 5 nitrogen and oxygen atoms in total. The van der Waals surface area contributed by atoms with Crippen LogP contribution in [0.3, 0.4) is 0 Å². The van der Waals surface area contributed by atoms with Gasteiger partial charge in [0.1, 0.15) is 11.4 Å². The number of benzene rings is 1. The van der Waals surface area contributed by atoms with E-state index in [9.17, 15) is 14.7 Å². The monoisotopic (exact) mass is 307 g/mol. The number of hydrogen-bond acceptors (Lipinski definition) is 4. The van der Waals surface area contributed by atoms with Gasteiger partial charge in [0.15, 0.2) is 6.29 Å². The predicted octanol–water partition coefficient (Wildman–Crippen LogP) is 3.44. The zero-order valence-electron chi connectivity index (χ0n) is 13.9. The Bertz CT molecular complexity index is 544. The van der Waals surface area contributed by atoms with Crippen molar-refractivity contribution < 1.29 is 19.4 Å². The molecule has 122 valence electrons. The van der Waals surface area contributed by atoms with E-state index in [1.807, 2.05) is 34.6 Å². The summed E-state index contributed by atoms with van der Waals surface area (Å²) in [4.78, 5) is 22.5. The highest BCUT2D eigenvalue weighted by Gasteiger charge is 2.25. The molecule has 5 heteroatoms. The molecule has 0 saturated heterocycles. The molecule has 1 amide bonds. The molecule has 0 saturated carbocycles. The fourth-order valence-corrected chi connectivity index (χ4v) is 1.92. The van der Waals surface area contributed by atoms with Gasteiger partial charge in [-0.3, -0.25) is 4.79 Å². The number of aldehydes is 1. The van der Waals surface area contributed by atoms with Crippen molar-refractivity contribution in [2.75, 3.05) is 0 Å². The molecule has 0 unspecified atom stereocenters. The number of nitrogens with one attached hydrogen (secondary N) is 1. The van der Waals surface area contributed by atoms with Crippen LogP contribution in [0.25, 0.3) is 0 Å². The summed E-state index contributed by atoms with van der Waals surface area (Å²) in [7, 11) is 0. The van der Waals surface area contributed by atoms with Crippen LogP contribution < -0.4 is 5.32 Å². The first-order chi connectivity index (χ1) is 10.0. The van der Waals surface area contributed by atoms with E-state index in [0.29, 0.717) is 19.1 Å². The van der Waals surface area contributed by atoms with Gasteiger partial charge in [-0.1, -0.05) is 6.07 Å². The van der Waals surface area contributed by atoms with Crippen molar-refractivity contribution in [1.82, 2.24) is 5.32 Å². The van der Waals surface area contributed by atoms with E-state index in [1.54, 1.807) is 18.2 Å². The topological polar surface area (TPSA) is 75.6 Å². The Labute approximate surface area is 131 Å². The van der Waals surface area contributed by atoms with Gasteiger partial charge < -0.3 is 15.2 Å². The van der Waals surface area contributed by atoms with Crippen LogP contribution in [0.2, 0.25) is 0 Å². The van der Waals surface area contributed by atoms with Crippen molar-refractivity contribution >= 4 is 12.4 Å². The highest BCUT2D eigenvalue weighted by atomic mass is 16.6. The molecule has 0 aliphatic heterocycles. The summed E-state index contributed by atoms with van der Waals surface area (Å²) in [5.41, 5.74) is 0.178. The molecule has 1 aromatic carbocycles. The Kier molecular flexibility index (Phi) is 5.58. The minimum Gasteiger partial charge on any atom is -0.507 e. The maximum Gasteiger partial charge on any atom is 0.408 e. The van der Waals surface area contributed by atoms with Gasteiger partial charge in [-0.25, -0.2) is 4.79 Å². The Morgan fingerprint density at radius 2 is 1.91 bits per heavy atom. The van der Waals surface area contributed by atoms with Gasteiger partial charge in [-0.15, -0.1) is 0 Å². The van der Waals surface area contributed by atoms with Gasteiger partial charge in [0.25, 0.3) is 0 Å². The molecule has 0 bridgehead atoms. The molecular formula is C17H25NO4. The lowest BCUT2D eigenvalue weighted by atomic mass is 9.97. The molecule has 0 aromatic heterocycles. The first-order valence-electron chi connectivity index (χ1n) is 7.31. The third kappa shape index (κ3) is 6.16. The van der Waals surface area contributed by atoms with Crippen molar-refractivity contribution in [2.45, 2.75) is 58.6 Å². The molecule has 0 aliphatic rings. The van der Waals surface area contributed by atoms with Crippen LogP contribution in [0.15, 0.2) is 18.2 Å². The lowest BCUT2D eigenvalue weighted by molar-refractivity contribution is 0.0290. The third-order valence-corrected chi connectivity index (χ3v) is 3.08. The Morgan fingerprint density at radius 3 is 2.41 bits per heavy atom. The van der Waals surface area contributed by atoms with Gasteiger partial charge in [0.05, 0.1) is 5.56 Å². The minimum atomic E-state index is -0.631. The van der Waals surface area contributed by atoms with Gasteiger partial charge in [0.2, 0.25) is 0 Å². The smallest absolute Gasteiger partial charge is 0.408 e. The van der Waals surface area contributed by atoms with Crippen LogP contribution in [0.1, 0.15) is 57.0 Å². The third-order valence-electron chi connectivity index (χ3n) is 3.08. The van der Waals surface area contributed by atoms with Gasteiger partial charge >= 0.3 is 6.09 Å². The Morgan fingerprint density at radius 1 is 1.27 bits per heavy atom. The average molecular weight is 307 g/mol. The zero-order valence-corrected chi connectivity index (χ0v) is 13.9. The molecule has 22 heavy (non-hydrogen) atoms. The number of carbonyl (C=O) groups is 2. The first-order valence-corrected chi connectivity index (χ1v) is 7.31. The van der Waals surface area contributed by atoms with Crippen LogP contribution >= 0.6 is 0 Å². The molecule has 0 spiro atoms. The summed E-state index contributed by atoms with van der Waals surface area (Å²) in [6, 6.07) is 4.93. The number of hydrogen-bond donors (Lipinski definition) is 2. The summed E-state index contributed by atoms with van der Waals surface area (Å²) in [5, 5.41) is 12.4. The number of ether oxygens (including phenoxy) is 1. The molecule has 0 aliphatic carbocycles. The minimum absolute atomic E-state index is 0.0308. The standard InChI is InChI=1S/C17H25NO4/c1-16(2,3)18-15(21)22-17(4,5)9-8-12-6-7-13(11-19)14(20)10-12/h6-7,10-11,20H,8-9H2,1-5H3,(H,18,21). The van der Waals surface area contributed by atoms with E-state index in [0.717, 1.165) is 5.56 Å². The van der Waals surface area contributed by atoms with Crippen LogP contribution in [-0.4, -0.2) is 28.6 Å².